The number of hydrogen-bond donors (Lipinski definition) is 0. The zero-order chi connectivity index (χ0) is 21.6. The molecule has 3 atom stereocenters. The van der Waals surface area contributed by atoms with Crippen molar-refractivity contribution in [2.75, 3.05) is 13.1 Å². The molecular weight excluding hydrogens is 393 g/mol. The molecule has 2 aromatic rings. The number of ether oxygens (including phenoxy) is 1. The lowest BCUT2D eigenvalue weighted by atomic mass is 9.83. The van der Waals surface area contributed by atoms with E-state index in [9.17, 15) is 14.0 Å². The van der Waals surface area contributed by atoms with Crippen molar-refractivity contribution in [3.05, 3.63) is 71.5 Å². The average Bonchev–Trinajstić information content (AvgIpc) is 3.23. The van der Waals surface area contributed by atoms with Gasteiger partial charge in [0, 0.05) is 24.9 Å². The number of carbonyl (C=O) groups excluding carboxylic acids is 2. The summed E-state index contributed by atoms with van der Waals surface area (Å²) in [6, 6.07) is 15.8. The molecule has 0 bridgehead atoms. The van der Waals surface area contributed by atoms with Crippen molar-refractivity contribution in [3.63, 3.8) is 0 Å². The SMILES string of the molecule is O=C[C@H]1CN(C(C(=O)OCc2ccccc2)C2CCCCC2)C[C@@H]1c1cccc(F)c1. The minimum Gasteiger partial charge on any atom is -0.460 e. The molecule has 0 aromatic heterocycles. The molecule has 1 aliphatic heterocycles. The second kappa shape index (κ2) is 10.2. The Kier molecular flexibility index (Phi) is 7.13. The highest BCUT2D eigenvalue weighted by atomic mass is 19.1. The Morgan fingerprint density at radius 1 is 1.06 bits per heavy atom. The van der Waals surface area contributed by atoms with Gasteiger partial charge in [0.1, 0.15) is 24.8 Å². The van der Waals surface area contributed by atoms with Crippen LogP contribution in [0.5, 0.6) is 0 Å². The first kappa shape index (κ1) is 21.7. The van der Waals surface area contributed by atoms with Crippen LogP contribution >= 0.6 is 0 Å². The van der Waals surface area contributed by atoms with Crippen molar-refractivity contribution in [2.24, 2.45) is 11.8 Å². The topological polar surface area (TPSA) is 46.6 Å². The second-order valence-corrected chi connectivity index (χ2v) is 8.85. The van der Waals surface area contributed by atoms with Gasteiger partial charge in [-0.3, -0.25) is 9.69 Å². The number of likely N-dealkylation sites (tertiary alicyclic amines) is 1. The Morgan fingerprint density at radius 3 is 2.55 bits per heavy atom. The van der Waals surface area contributed by atoms with Gasteiger partial charge in [-0.1, -0.05) is 61.7 Å². The third-order valence-electron chi connectivity index (χ3n) is 6.80. The molecule has 164 valence electrons. The van der Waals surface area contributed by atoms with Crippen LogP contribution in [0.1, 0.15) is 49.1 Å². The molecule has 0 amide bonds. The van der Waals surface area contributed by atoms with Crippen LogP contribution in [-0.4, -0.2) is 36.3 Å². The zero-order valence-electron chi connectivity index (χ0n) is 17.8. The van der Waals surface area contributed by atoms with E-state index in [2.05, 4.69) is 4.90 Å². The molecule has 31 heavy (non-hydrogen) atoms. The smallest absolute Gasteiger partial charge is 0.323 e. The van der Waals surface area contributed by atoms with Gasteiger partial charge < -0.3 is 9.53 Å². The minimum atomic E-state index is -0.356. The highest BCUT2D eigenvalue weighted by Gasteiger charge is 2.43. The molecular formula is C26H30FNO3. The molecule has 0 N–H and O–H groups in total. The summed E-state index contributed by atoms with van der Waals surface area (Å²) >= 11 is 0. The van der Waals surface area contributed by atoms with E-state index < -0.39 is 0 Å². The minimum absolute atomic E-state index is 0.110. The lowest BCUT2D eigenvalue weighted by Gasteiger charge is -2.35. The van der Waals surface area contributed by atoms with Crippen molar-refractivity contribution in [2.45, 2.75) is 50.7 Å². The number of rotatable bonds is 7. The number of hydrogen-bond acceptors (Lipinski definition) is 4. The van der Waals surface area contributed by atoms with E-state index in [1.54, 1.807) is 6.07 Å². The summed E-state index contributed by atoms with van der Waals surface area (Å²) in [4.78, 5) is 27.3. The Morgan fingerprint density at radius 2 is 1.84 bits per heavy atom. The number of halogens is 1. The monoisotopic (exact) mass is 423 g/mol. The summed E-state index contributed by atoms with van der Waals surface area (Å²) in [6.07, 6.45) is 6.39. The van der Waals surface area contributed by atoms with Gasteiger partial charge in [0.25, 0.3) is 0 Å². The molecule has 0 radical (unpaired) electrons. The van der Waals surface area contributed by atoms with Crippen LogP contribution in [0.15, 0.2) is 54.6 Å². The van der Waals surface area contributed by atoms with Crippen molar-refractivity contribution in [3.8, 4) is 0 Å². The van der Waals surface area contributed by atoms with E-state index in [1.807, 2.05) is 36.4 Å². The first-order chi connectivity index (χ1) is 15.2. The fraction of sp³-hybridized carbons (Fsp3) is 0.462. The van der Waals surface area contributed by atoms with E-state index >= 15 is 0 Å². The Bertz CT molecular complexity index is 881. The lowest BCUT2D eigenvalue weighted by Crippen LogP contribution is -2.46. The van der Waals surface area contributed by atoms with Gasteiger partial charge in [0.15, 0.2) is 0 Å². The molecule has 1 saturated heterocycles. The second-order valence-electron chi connectivity index (χ2n) is 8.85. The highest BCUT2D eigenvalue weighted by molar-refractivity contribution is 5.76. The molecule has 2 fully saturated rings. The highest BCUT2D eigenvalue weighted by Crippen LogP contribution is 2.37. The van der Waals surface area contributed by atoms with Crippen molar-refractivity contribution >= 4 is 12.3 Å². The van der Waals surface area contributed by atoms with Crippen LogP contribution < -0.4 is 0 Å². The van der Waals surface area contributed by atoms with Gasteiger partial charge in [0.05, 0.1) is 0 Å². The molecule has 1 aliphatic carbocycles. The van der Waals surface area contributed by atoms with E-state index in [0.29, 0.717) is 13.1 Å². The van der Waals surface area contributed by atoms with Crippen molar-refractivity contribution in [1.82, 2.24) is 4.90 Å². The Labute approximate surface area is 183 Å². The van der Waals surface area contributed by atoms with Crippen molar-refractivity contribution in [1.29, 1.82) is 0 Å². The summed E-state index contributed by atoms with van der Waals surface area (Å²) in [5.74, 6) is -0.640. The van der Waals surface area contributed by atoms with Gasteiger partial charge in [-0.05, 0) is 42.0 Å². The van der Waals surface area contributed by atoms with Gasteiger partial charge in [-0.25, -0.2) is 4.39 Å². The van der Waals surface area contributed by atoms with Crippen LogP contribution in [0.4, 0.5) is 4.39 Å². The van der Waals surface area contributed by atoms with Crippen LogP contribution in [0, 0.1) is 17.7 Å². The van der Waals surface area contributed by atoms with E-state index in [-0.39, 0.29) is 42.2 Å². The Balaban J connectivity index is 1.53. The molecule has 1 heterocycles. The fourth-order valence-electron chi connectivity index (χ4n) is 5.22. The zero-order valence-corrected chi connectivity index (χ0v) is 17.8. The van der Waals surface area contributed by atoms with E-state index in [1.165, 1.54) is 18.6 Å². The number of benzene rings is 2. The molecule has 2 aliphatic rings. The normalized spacial score (nSPS) is 23.4. The predicted octanol–water partition coefficient (Wildman–Crippen LogP) is 4.73. The molecule has 0 spiro atoms. The Hall–Kier alpha value is -2.53. The first-order valence-electron chi connectivity index (χ1n) is 11.3. The van der Waals surface area contributed by atoms with Crippen molar-refractivity contribution < 1.29 is 18.7 Å². The molecule has 5 heteroatoms. The summed E-state index contributed by atoms with van der Waals surface area (Å²) < 4.78 is 19.6. The van der Waals surface area contributed by atoms with E-state index in [0.717, 1.165) is 43.1 Å². The van der Waals surface area contributed by atoms with Crippen LogP contribution in [0.2, 0.25) is 0 Å². The summed E-state index contributed by atoms with van der Waals surface area (Å²) in [5.41, 5.74) is 1.78. The maximum Gasteiger partial charge on any atom is 0.323 e. The maximum atomic E-state index is 13.8. The number of aldehydes is 1. The summed E-state index contributed by atoms with van der Waals surface area (Å²) in [5, 5.41) is 0. The number of carbonyl (C=O) groups is 2. The van der Waals surface area contributed by atoms with Gasteiger partial charge in [-0.2, -0.15) is 0 Å². The van der Waals surface area contributed by atoms with Crippen LogP contribution in [-0.2, 0) is 20.9 Å². The fourth-order valence-corrected chi connectivity index (χ4v) is 5.22. The van der Waals surface area contributed by atoms with Crippen LogP contribution in [0.3, 0.4) is 0 Å². The standard InChI is InChI=1S/C26H30FNO3/c27-23-13-7-12-21(14-23)24-16-28(15-22(24)17-29)25(20-10-5-2-6-11-20)26(30)31-18-19-8-3-1-4-9-19/h1,3-4,7-9,12-14,17,20,22,24-25H,2,5-6,10-11,15-16,18H2/t22-,24-,25?/m1/s1. The van der Waals surface area contributed by atoms with Gasteiger partial charge in [-0.15, -0.1) is 0 Å². The summed E-state index contributed by atoms with van der Waals surface area (Å²) in [7, 11) is 0. The van der Waals surface area contributed by atoms with Crippen LogP contribution in [0.25, 0.3) is 0 Å². The lowest BCUT2D eigenvalue weighted by molar-refractivity contribution is -0.154. The molecule has 1 saturated carbocycles. The summed E-state index contributed by atoms with van der Waals surface area (Å²) in [6.45, 7) is 1.32. The molecule has 2 aromatic carbocycles. The van der Waals surface area contributed by atoms with Gasteiger partial charge >= 0.3 is 5.97 Å². The largest absolute Gasteiger partial charge is 0.460 e. The van der Waals surface area contributed by atoms with E-state index in [4.69, 9.17) is 4.74 Å². The average molecular weight is 424 g/mol. The number of esters is 1. The quantitative estimate of drug-likeness (QED) is 0.477. The molecule has 4 rings (SSSR count). The molecule has 1 unspecified atom stereocenters. The molecule has 4 nitrogen and oxygen atoms in total. The van der Waals surface area contributed by atoms with Gasteiger partial charge in [0.2, 0.25) is 0 Å². The third kappa shape index (κ3) is 5.21. The third-order valence-corrected chi connectivity index (χ3v) is 6.80. The maximum absolute atomic E-state index is 13.8. The first-order valence-corrected chi connectivity index (χ1v) is 11.3. The number of nitrogens with zero attached hydrogens (tertiary/aromatic N) is 1. The predicted molar refractivity (Wildman–Crippen MR) is 117 cm³/mol.